The lowest BCUT2D eigenvalue weighted by molar-refractivity contribution is -0.139. The second kappa shape index (κ2) is 10.2. The lowest BCUT2D eigenvalue weighted by atomic mass is 10.2. The number of benzene rings is 1. The van der Waals surface area contributed by atoms with Crippen molar-refractivity contribution in [1.29, 1.82) is 0 Å². The van der Waals surface area contributed by atoms with Gasteiger partial charge in [0.15, 0.2) is 0 Å². The molecule has 2 rings (SSSR count). The smallest absolute Gasteiger partial charge is 0.309 e. The van der Waals surface area contributed by atoms with Crippen LogP contribution in [-0.4, -0.2) is 75.8 Å². The van der Waals surface area contributed by atoms with Gasteiger partial charge in [-0.05, 0) is 70.9 Å². The van der Waals surface area contributed by atoms with Crippen LogP contribution in [0, 0.1) is 13.8 Å². The number of hydrogen-bond acceptors (Lipinski definition) is 5. The van der Waals surface area contributed by atoms with E-state index in [-0.39, 0.29) is 12.6 Å². The van der Waals surface area contributed by atoms with E-state index in [2.05, 4.69) is 10.6 Å². The molecule has 8 nitrogen and oxygen atoms in total. The minimum Gasteiger partial charge on any atom is -0.348 e. The number of rotatable bonds is 8. The van der Waals surface area contributed by atoms with E-state index in [4.69, 9.17) is 0 Å². The molecule has 2 N–H and O–H groups in total. The van der Waals surface area contributed by atoms with Crippen LogP contribution in [0.15, 0.2) is 23.1 Å². The number of nitrogens with zero attached hydrogens (tertiary/aromatic N) is 2. The molecule has 0 radical (unpaired) electrons. The summed E-state index contributed by atoms with van der Waals surface area (Å²) in [5.41, 5.74) is 1.58. The van der Waals surface area contributed by atoms with E-state index in [1.54, 1.807) is 19.1 Å². The van der Waals surface area contributed by atoms with Gasteiger partial charge in [-0.1, -0.05) is 12.1 Å². The van der Waals surface area contributed by atoms with Gasteiger partial charge in [0.05, 0.1) is 4.90 Å². The first-order valence-corrected chi connectivity index (χ1v) is 11.4. The van der Waals surface area contributed by atoms with Gasteiger partial charge in [0, 0.05) is 25.7 Å². The molecule has 1 aliphatic rings. The Balaban J connectivity index is 1.95. The number of aryl methyl sites for hydroxylation is 2. The van der Waals surface area contributed by atoms with Crippen molar-refractivity contribution in [3.63, 3.8) is 0 Å². The van der Waals surface area contributed by atoms with E-state index in [1.165, 1.54) is 4.31 Å². The first kappa shape index (κ1) is 23.3. The van der Waals surface area contributed by atoms with Crippen LogP contribution in [-0.2, 0) is 19.6 Å². The normalized spacial score (nSPS) is 17.5. The average molecular weight is 425 g/mol. The molecule has 0 aliphatic carbocycles. The highest BCUT2D eigenvalue weighted by Gasteiger charge is 2.36. The van der Waals surface area contributed by atoms with Gasteiger partial charge in [0.2, 0.25) is 10.0 Å². The van der Waals surface area contributed by atoms with Crippen LogP contribution < -0.4 is 10.6 Å². The number of carbonyl (C=O) groups excluding carboxylic acids is 2. The average Bonchev–Trinajstić information content (AvgIpc) is 3.14. The lowest BCUT2D eigenvalue weighted by Gasteiger charge is -2.25. The van der Waals surface area contributed by atoms with Gasteiger partial charge in [-0.2, -0.15) is 4.31 Å². The van der Waals surface area contributed by atoms with Crippen LogP contribution in [0.2, 0.25) is 0 Å². The third kappa shape index (κ3) is 6.25. The maximum atomic E-state index is 13.2. The molecule has 1 atom stereocenters. The van der Waals surface area contributed by atoms with Gasteiger partial charge in [-0.25, -0.2) is 8.42 Å². The molecule has 9 heteroatoms. The Kier molecular flexibility index (Phi) is 8.18. The highest BCUT2D eigenvalue weighted by atomic mass is 32.2. The summed E-state index contributed by atoms with van der Waals surface area (Å²) in [4.78, 5) is 26.3. The first-order valence-electron chi connectivity index (χ1n) is 9.92. The number of nitrogens with one attached hydrogen (secondary N) is 2. The number of sulfonamides is 1. The molecule has 1 aromatic rings. The summed E-state index contributed by atoms with van der Waals surface area (Å²) in [6.45, 7) is 5.40. The minimum atomic E-state index is -3.66. The van der Waals surface area contributed by atoms with E-state index in [0.29, 0.717) is 30.0 Å². The summed E-state index contributed by atoms with van der Waals surface area (Å²) in [6.07, 6.45) is 2.12. The van der Waals surface area contributed by atoms with Gasteiger partial charge < -0.3 is 15.5 Å². The second-order valence-corrected chi connectivity index (χ2v) is 9.66. The molecule has 2 amide bonds. The third-order valence-corrected chi connectivity index (χ3v) is 7.12. The SMILES string of the molecule is Cc1ccc(C)c(S(=O)(=O)N2CCC[C@H]2CNC(=O)C(=O)NCCCN(C)C)c1. The fraction of sp³-hybridized carbons (Fsp3) is 0.600. The molecule has 162 valence electrons. The van der Waals surface area contributed by atoms with Crippen molar-refractivity contribution >= 4 is 21.8 Å². The van der Waals surface area contributed by atoms with Crippen LogP contribution in [0.3, 0.4) is 0 Å². The van der Waals surface area contributed by atoms with Crippen molar-refractivity contribution in [2.75, 3.05) is 40.3 Å². The van der Waals surface area contributed by atoms with Crippen molar-refractivity contribution in [3.05, 3.63) is 29.3 Å². The molecule has 0 saturated carbocycles. The van der Waals surface area contributed by atoms with Crippen LogP contribution in [0.25, 0.3) is 0 Å². The second-order valence-electron chi connectivity index (χ2n) is 7.80. The quantitative estimate of drug-likeness (QED) is 0.471. The zero-order valence-electron chi connectivity index (χ0n) is 17.7. The van der Waals surface area contributed by atoms with E-state index in [9.17, 15) is 18.0 Å². The van der Waals surface area contributed by atoms with E-state index in [0.717, 1.165) is 24.9 Å². The van der Waals surface area contributed by atoms with Crippen LogP contribution >= 0.6 is 0 Å². The van der Waals surface area contributed by atoms with Crippen LogP contribution in [0.5, 0.6) is 0 Å². The summed E-state index contributed by atoms with van der Waals surface area (Å²) >= 11 is 0. The Morgan fingerprint density at radius 2 is 1.86 bits per heavy atom. The predicted octanol–water partition coefficient (Wildman–Crippen LogP) is 0.641. The fourth-order valence-corrected chi connectivity index (χ4v) is 5.41. The Hall–Kier alpha value is -1.97. The van der Waals surface area contributed by atoms with E-state index >= 15 is 0 Å². The highest BCUT2D eigenvalue weighted by molar-refractivity contribution is 7.89. The van der Waals surface area contributed by atoms with Crippen LogP contribution in [0.4, 0.5) is 0 Å². The maximum absolute atomic E-state index is 13.2. The molecule has 1 heterocycles. The lowest BCUT2D eigenvalue weighted by Crippen LogP contribution is -2.47. The molecule has 0 bridgehead atoms. The molecule has 0 aromatic heterocycles. The summed E-state index contributed by atoms with van der Waals surface area (Å²) < 4.78 is 27.8. The molecule has 0 unspecified atom stereocenters. The summed E-state index contributed by atoms with van der Waals surface area (Å²) in [5, 5.41) is 5.17. The van der Waals surface area contributed by atoms with Gasteiger partial charge in [-0.3, -0.25) is 9.59 Å². The Morgan fingerprint density at radius 3 is 2.55 bits per heavy atom. The van der Waals surface area contributed by atoms with Gasteiger partial charge in [0.25, 0.3) is 0 Å². The molecule has 1 aliphatic heterocycles. The summed E-state index contributed by atoms with van der Waals surface area (Å²) in [6, 6.07) is 5.01. The molecule has 29 heavy (non-hydrogen) atoms. The van der Waals surface area contributed by atoms with E-state index in [1.807, 2.05) is 32.0 Å². The van der Waals surface area contributed by atoms with E-state index < -0.39 is 21.8 Å². The standard InChI is InChI=1S/C20H32N4O4S/c1-15-8-9-16(2)18(13-15)29(27,28)24-12-5-7-17(24)14-22-20(26)19(25)21-10-6-11-23(3)4/h8-9,13,17H,5-7,10-12,14H2,1-4H3,(H,21,25)(H,22,26)/t17-/m0/s1. The van der Waals surface area contributed by atoms with Crippen molar-refractivity contribution in [2.24, 2.45) is 0 Å². The van der Waals surface area contributed by atoms with Crippen molar-refractivity contribution < 1.29 is 18.0 Å². The molecular formula is C20H32N4O4S. The minimum absolute atomic E-state index is 0.119. The van der Waals surface area contributed by atoms with Crippen molar-refractivity contribution in [3.8, 4) is 0 Å². The Labute approximate surface area is 173 Å². The zero-order chi connectivity index (χ0) is 21.6. The molecule has 1 saturated heterocycles. The summed E-state index contributed by atoms with van der Waals surface area (Å²) in [5.74, 6) is -1.42. The predicted molar refractivity (Wildman–Crippen MR) is 112 cm³/mol. The first-order chi connectivity index (χ1) is 13.6. The molecule has 1 aromatic carbocycles. The number of amides is 2. The fourth-order valence-electron chi connectivity index (χ4n) is 3.41. The maximum Gasteiger partial charge on any atom is 0.309 e. The molecular weight excluding hydrogens is 392 g/mol. The highest BCUT2D eigenvalue weighted by Crippen LogP contribution is 2.28. The largest absolute Gasteiger partial charge is 0.348 e. The van der Waals surface area contributed by atoms with Crippen molar-refractivity contribution in [1.82, 2.24) is 19.8 Å². The van der Waals surface area contributed by atoms with Gasteiger partial charge in [0.1, 0.15) is 0 Å². The third-order valence-electron chi connectivity index (χ3n) is 5.03. The van der Waals surface area contributed by atoms with Gasteiger partial charge >= 0.3 is 11.8 Å². The number of carbonyl (C=O) groups is 2. The molecule has 1 fully saturated rings. The monoisotopic (exact) mass is 424 g/mol. The Bertz CT molecular complexity index is 839. The van der Waals surface area contributed by atoms with Crippen molar-refractivity contribution in [2.45, 2.75) is 44.0 Å². The summed E-state index contributed by atoms with van der Waals surface area (Å²) in [7, 11) is 0.219. The van der Waals surface area contributed by atoms with Gasteiger partial charge in [-0.15, -0.1) is 0 Å². The Morgan fingerprint density at radius 1 is 1.17 bits per heavy atom. The number of hydrogen-bond donors (Lipinski definition) is 2. The zero-order valence-corrected chi connectivity index (χ0v) is 18.5. The van der Waals surface area contributed by atoms with Crippen LogP contribution in [0.1, 0.15) is 30.4 Å². The molecule has 0 spiro atoms. The topological polar surface area (TPSA) is 98.8 Å².